The quantitative estimate of drug-likeness (QED) is 0.757. The molecule has 0 fully saturated rings. The van der Waals surface area contributed by atoms with E-state index in [1.54, 1.807) is 6.07 Å². The van der Waals surface area contributed by atoms with Gasteiger partial charge in [-0.25, -0.2) is 0 Å². The Morgan fingerprint density at radius 2 is 1.91 bits per heavy atom. The first kappa shape index (κ1) is 14.1. The van der Waals surface area contributed by atoms with Crippen molar-refractivity contribution >= 4 is 34.0 Å². The highest BCUT2D eigenvalue weighted by Gasteiger charge is 2.29. The van der Waals surface area contributed by atoms with E-state index in [2.05, 4.69) is 5.32 Å². The number of ether oxygens (including phenoxy) is 1. The SMILES string of the molecule is O=C(Nc1cccc2ccccc12)C1Cc2cc(Cl)ccc2O1. The molecule has 0 saturated heterocycles. The van der Waals surface area contributed by atoms with Gasteiger partial charge in [0.05, 0.1) is 0 Å². The summed E-state index contributed by atoms with van der Waals surface area (Å²) in [6.07, 6.45) is 0.00870. The molecule has 4 heteroatoms. The largest absolute Gasteiger partial charge is 0.480 e. The van der Waals surface area contributed by atoms with Gasteiger partial charge in [-0.3, -0.25) is 4.79 Å². The topological polar surface area (TPSA) is 38.3 Å². The van der Waals surface area contributed by atoms with Crippen molar-refractivity contribution in [2.45, 2.75) is 12.5 Å². The Labute approximate surface area is 138 Å². The third-order valence-electron chi connectivity index (χ3n) is 4.04. The molecule has 1 amide bonds. The number of fused-ring (bicyclic) bond motifs is 2. The number of rotatable bonds is 2. The standard InChI is InChI=1S/C19H14ClNO2/c20-14-8-9-17-13(10-14)11-18(23-17)19(22)21-16-7-3-5-12-4-1-2-6-15(12)16/h1-10,18H,11H2,(H,21,22). The van der Waals surface area contributed by atoms with Crippen LogP contribution >= 0.6 is 11.6 Å². The van der Waals surface area contributed by atoms with Crippen LogP contribution in [0, 0.1) is 0 Å². The summed E-state index contributed by atoms with van der Waals surface area (Å²) in [7, 11) is 0. The van der Waals surface area contributed by atoms with Crippen molar-refractivity contribution in [3.05, 3.63) is 71.2 Å². The van der Waals surface area contributed by atoms with E-state index < -0.39 is 6.10 Å². The fourth-order valence-electron chi connectivity index (χ4n) is 2.91. The van der Waals surface area contributed by atoms with E-state index in [-0.39, 0.29) is 5.91 Å². The van der Waals surface area contributed by atoms with Gasteiger partial charge in [-0.1, -0.05) is 48.0 Å². The fourth-order valence-corrected chi connectivity index (χ4v) is 3.11. The minimum Gasteiger partial charge on any atom is -0.480 e. The van der Waals surface area contributed by atoms with Gasteiger partial charge in [0.25, 0.3) is 5.91 Å². The number of hydrogen-bond acceptors (Lipinski definition) is 2. The predicted molar refractivity (Wildman–Crippen MR) is 92.1 cm³/mol. The van der Waals surface area contributed by atoms with Crippen LogP contribution in [0.4, 0.5) is 5.69 Å². The van der Waals surface area contributed by atoms with Crippen LogP contribution in [0.25, 0.3) is 10.8 Å². The second kappa shape index (κ2) is 5.60. The summed E-state index contributed by atoms with van der Waals surface area (Å²) in [6, 6.07) is 19.2. The highest BCUT2D eigenvalue weighted by molar-refractivity contribution is 6.30. The average molecular weight is 324 g/mol. The van der Waals surface area contributed by atoms with Crippen LogP contribution in [0.15, 0.2) is 60.7 Å². The fraction of sp³-hybridized carbons (Fsp3) is 0.105. The number of anilines is 1. The normalized spacial score (nSPS) is 16.0. The lowest BCUT2D eigenvalue weighted by Crippen LogP contribution is -2.31. The molecule has 23 heavy (non-hydrogen) atoms. The third kappa shape index (κ3) is 2.64. The van der Waals surface area contributed by atoms with Crippen LogP contribution < -0.4 is 10.1 Å². The molecule has 1 N–H and O–H groups in total. The highest BCUT2D eigenvalue weighted by atomic mass is 35.5. The Kier molecular flexibility index (Phi) is 3.43. The molecule has 1 aliphatic heterocycles. The van der Waals surface area contributed by atoms with Crippen LogP contribution in [-0.2, 0) is 11.2 Å². The minimum absolute atomic E-state index is 0.145. The zero-order valence-corrected chi connectivity index (χ0v) is 13.0. The number of carbonyl (C=O) groups is 1. The van der Waals surface area contributed by atoms with Crippen LogP contribution in [0.5, 0.6) is 5.75 Å². The summed E-state index contributed by atoms with van der Waals surface area (Å²) in [6.45, 7) is 0. The van der Waals surface area contributed by atoms with E-state index in [1.807, 2.05) is 54.6 Å². The van der Waals surface area contributed by atoms with Gasteiger partial charge in [-0.2, -0.15) is 0 Å². The first-order valence-electron chi connectivity index (χ1n) is 7.44. The number of halogens is 1. The van der Waals surface area contributed by atoms with Crippen LogP contribution in [0.2, 0.25) is 5.02 Å². The maximum atomic E-state index is 12.5. The van der Waals surface area contributed by atoms with Gasteiger partial charge in [-0.15, -0.1) is 0 Å². The smallest absolute Gasteiger partial charge is 0.265 e. The molecule has 3 aromatic rings. The molecule has 114 valence electrons. The highest BCUT2D eigenvalue weighted by Crippen LogP contribution is 2.32. The van der Waals surface area contributed by atoms with E-state index in [0.717, 1.165) is 27.8 Å². The van der Waals surface area contributed by atoms with Crippen molar-refractivity contribution in [1.29, 1.82) is 0 Å². The number of benzene rings is 3. The predicted octanol–water partition coefficient (Wildman–Crippen LogP) is 4.44. The first-order chi connectivity index (χ1) is 11.2. The Bertz CT molecular complexity index is 902. The van der Waals surface area contributed by atoms with Crippen LogP contribution in [0.3, 0.4) is 0 Å². The zero-order chi connectivity index (χ0) is 15.8. The molecular formula is C19H14ClNO2. The van der Waals surface area contributed by atoms with Gasteiger partial charge in [0.1, 0.15) is 5.75 Å². The molecule has 0 spiro atoms. The van der Waals surface area contributed by atoms with E-state index >= 15 is 0 Å². The molecule has 4 rings (SSSR count). The van der Waals surface area contributed by atoms with Gasteiger partial charge in [0.2, 0.25) is 0 Å². The number of amides is 1. The second-order valence-corrected chi connectivity index (χ2v) is 6.02. The van der Waals surface area contributed by atoms with Gasteiger partial charge in [0, 0.05) is 22.5 Å². The van der Waals surface area contributed by atoms with Gasteiger partial charge in [0.15, 0.2) is 6.10 Å². The summed E-state index contributed by atoms with van der Waals surface area (Å²) < 4.78 is 5.74. The van der Waals surface area contributed by atoms with Crippen molar-refractivity contribution in [3.8, 4) is 5.75 Å². The van der Waals surface area contributed by atoms with E-state index in [0.29, 0.717) is 11.4 Å². The van der Waals surface area contributed by atoms with E-state index in [1.165, 1.54) is 0 Å². The summed E-state index contributed by atoms with van der Waals surface area (Å²) in [5, 5.41) is 5.74. The molecule has 1 atom stereocenters. The van der Waals surface area contributed by atoms with E-state index in [4.69, 9.17) is 16.3 Å². The molecule has 1 unspecified atom stereocenters. The molecule has 1 heterocycles. The maximum absolute atomic E-state index is 12.5. The minimum atomic E-state index is -0.526. The van der Waals surface area contributed by atoms with Crippen molar-refractivity contribution in [1.82, 2.24) is 0 Å². The number of nitrogens with one attached hydrogen (secondary N) is 1. The molecule has 0 radical (unpaired) electrons. The van der Waals surface area contributed by atoms with Crippen LogP contribution in [0.1, 0.15) is 5.56 Å². The Morgan fingerprint density at radius 1 is 1.09 bits per heavy atom. The summed E-state index contributed by atoms with van der Waals surface area (Å²) in [5.41, 5.74) is 1.77. The van der Waals surface area contributed by atoms with Crippen LogP contribution in [-0.4, -0.2) is 12.0 Å². The maximum Gasteiger partial charge on any atom is 0.265 e. The van der Waals surface area contributed by atoms with Gasteiger partial charge >= 0.3 is 0 Å². The monoisotopic (exact) mass is 323 g/mol. The molecular weight excluding hydrogens is 310 g/mol. The van der Waals surface area contributed by atoms with E-state index in [9.17, 15) is 4.79 Å². The average Bonchev–Trinajstić information content (AvgIpc) is 2.98. The van der Waals surface area contributed by atoms with Crippen molar-refractivity contribution in [3.63, 3.8) is 0 Å². The molecule has 0 saturated carbocycles. The Morgan fingerprint density at radius 3 is 2.83 bits per heavy atom. The molecule has 3 nitrogen and oxygen atoms in total. The summed E-state index contributed by atoms with van der Waals surface area (Å²) in [5.74, 6) is 0.584. The lowest BCUT2D eigenvalue weighted by molar-refractivity contribution is -0.122. The third-order valence-corrected chi connectivity index (χ3v) is 4.27. The van der Waals surface area contributed by atoms with Gasteiger partial charge < -0.3 is 10.1 Å². The Balaban J connectivity index is 1.57. The Hall–Kier alpha value is -2.52. The molecule has 1 aliphatic rings. The van der Waals surface area contributed by atoms with Crippen molar-refractivity contribution in [2.24, 2.45) is 0 Å². The van der Waals surface area contributed by atoms with Gasteiger partial charge in [-0.05, 0) is 35.2 Å². The molecule has 0 aromatic heterocycles. The lowest BCUT2D eigenvalue weighted by Gasteiger charge is -2.13. The second-order valence-electron chi connectivity index (χ2n) is 5.58. The lowest BCUT2D eigenvalue weighted by atomic mass is 10.1. The molecule has 0 bridgehead atoms. The number of carbonyl (C=O) groups excluding carboxylic acids is 1. The van der Waals surface area contributed by atoms with Crippen molar-refractivity contribution < 1.29 is 9.53 Å². The summed E-state index contributed by atoms with van der Waals surface area (Å²) in [4.78, 5) is 12.5. The first-order valence-corrected chi connectivity index (χ1v) is 7.82. The summed E-state index contributed by atoms with van der Waals surface area (Å²) >= 11 is 5.99. The number of hydrogen-bond donors (Lipinski definition) is 1. The molecule has 3 aromatic carbocycles. The zero-order valence-electron chi connectivity index (χ0n) is 12.3. The molecule has 0 aliphatic carbocycles. The van der Waals surface area contributed by atoms with Crippen molar-refractivity contribution in [2.75, 3.05) is 5.32 Å².